The van der Waals surface area contributed by atoms with E-state index >= 15 is 0 Å². The van der Waals surface area contributed by atoms with Gasteiger partial charge in [-0.2, -0.15) is 0 Å². The second kappa shape index (κ2) is 5.38. The largest absolute Gasteiger partial charge is 0.388 e. The fraction of sp³-hybridized carbons (Fsp3) is 0.615. The number of nitrogens with zero attached hydrogens (tertiary/aromatic N) is 2. The van der Waals surface area contributed by atoms with Gasteiger partial charge in [-0.3, -0.25) is 0 Å². The van der Waals surface area contributed by atoms with Gasteiger partial charge in [0.2, 0.25) is 0 Å². The third-order valence-corrected chi connectivity index (χ3v) is 3.98. The number of hydrogen-bond acceptors (Lipinski definition) is 5. The second-order valence-electron chi connectivity index (χ2n) is 5.32. The summed E-state index contributed by atoms with van der Waals surface area (Å²) >= 11 is 4.99. The molecule has 2 unspecified atom stereocenters. The zero-order valence-electron chi connectivity index (χ0n) is 11.5. The Morgan fingerprint density at radius 1 is 1.53 bits per heavy atom. The van der Waals surface area contributed by atoms with Crippen LogP contribution in [0.15, 0.2) is 12.4 Å². The van der Waals surface area contributed by atoms with Crippen LogP contribution in [0.25, 0.3) is 0 Å². The molecule has 0 spiro atoms. The maximum Gasteiger partial charge on any atom is 0.155 e. The van der Waals surface area contributed by atoms with Crippen LogP contribution in [0.2, 0.25) is 0 Å². The molecule has 0 aromatic carbocycles. The summed E-state index contributed by atoms with van der Waals surface area (Å²) in [4.78, 5) is 8.71. The molecule has 0 bridgehead atoms. The monoisotopic (exact) mass is 280 g/mol. The maximum absolute atomic E-state index is 5.71. The van der Waals surface area contributed by atoms with Gasteiger partial charge in [0, 0.05) is 30.5 Å². The van der Waals surface area contributed by atoms with E-state index in [4.69, 9.17) is 22.7 Å². The molecule has 1 aromatic rings. The first-order valence-electron chi connectivity index (χ1n) is 6.45. The second-order valence-corrected chi connectivity index (χ2v) is 5.76. The highest BCUT2D eigenvalue weighted by molar-refractivity contribution is 7.80. The van der Waals surface area contributed by atoms with Crippen molar-refractivity contribution in [1.29, 1.82) is 0 Å². The molecule has 1 fully saturated rings. The smallest absolute Gasteiger partial charge is 0.155 e. The molecule has 0 saturated heterocycles. The summed E-state index contributed by atoms with van der Waals surface area (Å²) in [5, 5.41) is 3.39. The Hall–Kier alpha value is -1.27. The summed E-state index contributed by atoms with van der Waals surface area (Å²) in [5.74, 6) is 0.656. The fourth-order valence-electron chi connectivity index (χ4n) is 2.40. The first kappa shape index (κ1) is 14.1. The fourth-order valence-corrected chi connectivity index (χ4v) is 2.55. The number of ether oxygens (including phenoxy) is 1. The molecule has 1 aliphatic carbocycles. The van der Waals surface area contributed by atoms with Gasteiger partial charge in [0.15, 0.2) is 5.82 Å². The quantitative estimate of drug-likeness (QED) is 0.800. The number of rotatable bonds is 5. The minimum Gasteiger partial charge on any atom is -0.388 e. The van der Waals surface area contributed by atoms with E-state index in [9.17, 15) is 0 Å². The molecule has 2 atom stereocenters. The first-order valence-corrected chi connectivity index (χ1v) is 6.86. The van der Waals surface area contributed by atoms with E-state index in [1.165, 1.54) is 0 Å². The highest BCUT2D eigenvalue weighted by Gasteiger charge is 2.49. The summed E-state index contributed by atoms with van der Waals surface area (Å²) in [5.41, 5.74) is 6.26. The van der Waals surface area contributed by atoms with Crippen LogP contribution < -0.4 is 11.1 Å². The van der Waals surface area contributed by atoms with Crippen molar-refractivity contribution >= 4 is 23.0 Å². The topological polar surface area (TPSA) is 73.1 Å². The van der Waals surface area contributed by atoms with Crippen molar-refractivity contribution in [2.75, 3.05) is 11.9 Å². The molecule has 19 heavy (non-hydrogen) atoms. The molecule has 1 heterocycles. The third-order valence-electron chi connectivity index (χ3n) is 3.79. The molecule has 1 saturated carbocycles. The van der Waals surface area contributed by atoms with Crippen molar-refractivity contribution in [2.45, 2.75) is 39.3 Å². The predicted octanol–water partition coefficient (Wildman–Crippen LogP) is 1.73. The van der Waals surface area contributed by atoms with E-state index in [2.05, 4.69) is 29.1 Å². The van der Waals surface area contributed by atoms with Crippen molar-refractivity contribution in [3.05, 3.63) is 18.1 Å². The van der Waals surface area contributed by atoms with Crippen LogP contribution in [0.3, 0.4) is 0 Å². The molecule has 0 radical (unpaired) electrons. The van der Waals surface area contributed by atoms with E-state index in [-0.39, 0.29) is 22.5 Å². The molecule has 0 amide bonds. The Morgan fingerprint density at radius 3 is 2.79 bits per heavy atom. The molecular weight excluding hydrogens is 260 g/mol. The van der Waals surface area contributed by atoms with E-state index in [1.54, 1.807) is 12.4 Å². The van der Waals surface area contributed by atoms with Gasteiger partial charge in [0.05, 0.1) is 6.10 Å². The molecular formula is C13H20N4OS. The van der Waals surface area contributed by atoms with Crippen molar-refractivity contribution in [2.24, 2.45) is 11.1 Å². The summed E-state index contributed by atoms with van der Waals surface area (Å²) in [6, 6.07) is 0.286. The molecule has 1 aromatic heterocycles. The summed E-state index contributed by atoms with van der Waals surface area (Å²) in [7, 11) is 0. The Balaban J connectivity index is 2.10. The SMILES string of the molecule is CCOC1CC(Nc2nccnc2C(N)=S)C1(C)C. The summed E-state index contributed by atoms with van der Waals surface area (Å²) < 4.78 is 5.71. The van der Waals surface area contributed by atoms with E-state index in [0.29, 0.717) is 11.5 Å². The maximum atomic E-state index is 5.71. The standard InChI is InChI=1S/C13H20N4OS/c1-4-18-9-7-8(13(9,2)3)17-12-10(11(14)19)15-5-6-16-12/h5-6,8-9H,4,7H2,1-3H3,(H2,14,19)(H,16,17). The average Bonchev–Trinajstić information content (AvgIpc) is 2.38. The zero-order valence-corrected chi connectivity index (χ0v) is 12.3. The summed E-state index contributed by atoms with van der Waals surface area (Å²) in [6.45, 7) is 7.13. The van der Waals surface area contributed by atoms with Crippen LogP contribution in [0.4, 0.5) is 5.82 Å². The van der Waals surface area contributed by atoms with E-state index in [1.807, 2.05) is 6.92 Å². The van der Waals surface area contributed by atoms with Gasteiger partial charge in [0.1, 0.15) is 10.7 Å². The number of hydrogen-bond donors (Lipinski definition) is 2. The normalized spacial score (nSPS) is 24.6. The van der Waals surface area contributed by atoms with Crippen molar-refractivity contribution < 1.29 is 4.74 Å². The summed E-state index contributed by atoms with van der Waals surface area (Å²) in [6.07, 6.45) is 4.46. The molecule has 104 valence electrons. The molecule has 2 rings (SSSR count). The van der Waals surface area contributed by atoms with Crippen molar-refractivity contribution in [3.63, 3.8) is 0 Å². The Bertz CT molecular complexity index is 477. The minimum absolute atomic E-state index is 0.0566. The zero-order chi connectivity index (χ0) is 14.0. The van der Waals surface area contributed by atoms with E-state index in [0.717, 1.165) is 13.0 Å². The Morgan fingerprint density at radius 2 is 2.21 bits per heavy atom. The number of nitrogens with one attached hydrogen (secondary N) is 1. The lowest BCUT2D eigenvalue weighted by Crippen LogP contribution is -2.58. The van der Waals surface area contributed by atoms with Gasteiger partial charge in [-0.25, -0.2) is 9.97 Å². The Kier molecular flexibility index (Phi) is 4.01. The third kappa shape index (κ3) is 2.69. The Labute approximate surface area is 119 Å². The van der Waals surface area contributed by atoms with Crippen molar-refractivity contribution in [3.8, 4) is 0 Å². The predicted molar refractivity (Wildman–Crippen MR) is 79.1 cm³/mol. The minimum atomic E-state index is 0.0566. The lowest BCUT2D eigenvalue weighted by atomic mass is 9.64. The number of nitrogens with two attached hydrogens (primary N) is 1. The number of aromatic nitrogens is 2. The molecule has 5 nitrogen and oxygen atoms in total. The van der Waals surface area contributed by atoms with Crippen LogP contribution >= 0.6 is 12.2 Å². The number of thiocarbonyl (C=S) groups is 1. The van der Waals surface area contributed by atoms with Crippen LogP contribution in [0, 0.1) is 5.41 Å². The molecule has 1 aliphatic rings. The van der Waals surface area contributed by atoms with Crippen LogP contribution in [-0.4, -0.2) is 33.7 Å². The van der Waals surface area contributed by atoms with Gasteiger partial charge < -0.3 is 15.8 Å². The average molecular weight is 280 g/mol. The van der Waals surface area contributed by atoms with Crippen molar-refractivity contribution in [1.82, 2.24) is 9.97 Å². The van der Waals surface area contributed by atoms with Gasteiger partial charge in [-0.05, 0) is 13.3 Å². The van der Waals surface area contributed by atoms with Gasteiger partial charge >= 0.3 is 0 Å². The van der Waals surface area contributed by atoms with Gasteiger partial charge in [-0.15, -0.1) is 0 Å². The van der Waals surface area contributed by atoms with Crippen LogP contribution in [0.5, 0.6) is 0 Å². The lowest BCUT2D eigenvalue weighted by molar-refractivity contribution is -0.0976. The first-order chi connectivity index (χ1) is 8.96. The lowest BCUT2D eigenvalue weighted by Gasteiger charge is -2.51. The van der Waals surface area contributed by atoms with Crippen LogP contribution in [0.1, 0.15) is 32.9 Å². The molecule has 6 heteroatoms. The molecule has 0 aliphatic heterocycles. The van der Waals surface area contributed by atoms with Gasteiger partial charge in [-0.1, -0.05) is 26.1 Å². The van der Waals surface area contributed by atoms with Crippen LogP contribution in [-0.2, 0) is 4.74 Å². The number of anilines is 1. The highest BCUT2D eigenvalue weighted by atomic mass is 32.1. The molecule has 3 N–H and O–H groups in total. The highest BCUT2D eigenvalue weighted by Crippen LogP contribution is 2.44. The van der Waals surface area contributed by atoms with E-state index < -0.39 is 0 Å². The van der Waals surface area contributed by atoms with Gasteiger partial charge in [0.25, 0.3) is 0 Å².